The Morgan fingerprint density at radius 1 is 1.67 bits per heavy atom. The second kappa shape index (κ2) is 4.03. The van der Waals surface area contributed by atoms with Gasteiger partial charge in [-0.3, -0.25) is 10.1 Å². The predicted octanol–water partition coefficient (Wildman–Crippen LogP) is 1.52. The van der Waals surface area contributed by atoms with Crippen molar-refractivity contribution in [2.75, 3.05) is 12.8 Å². The third-order valence-corrected chi connectivity index (χ3v) is 1.68. The summed E-state index contributed by atoms with van der Waals surface area (Å²) in [6.07, 6.45) is -2.15. The van der Waals surface area contributed by atoms with Gasteiger partial charge in [-0.1, -0.05) is 0 Å². The first-order valence-corrected chi connectivity index (χ1v) is 3.74. The van der Waals surface area contributed by atoms with E-state index in [1.165, 1.54) is 0 Å². The molecule has 2 N–H and O–H groups in total. The molecule has 0 atom stereocenters. The minimum atomic E-state index is -2.91. The summed E-state index contributed by atoms with van der Waals surface area (Å²) in [5, 5.41) is 10.5. The zero-order chi connectivity index (χ0) is 11.6. The van der Waals surface area contributed by atoms with Gasteiger partial charge in [0.1, 0.15) is 0 Å². The van der Waals surface area contributed by atoms with Crippen LogP contribution in [-0.4, -0.2) is 17.0 Å². The first-order chi connectivity index (χ1) is 6.99. The molecule has 1 aromatic heterocycles. The number of hydrogen-bond donors (Lipinski definition) is 1. The molecule has 1 heterocycles. The first kappa shape index (κ1) is 11.1. The van der Waals surface area contributed by atoms with Crippen LogP contribution < -0.4 is 10.5 Å². The van der Waals surface area contributed by atoms with Crippen molar-refractivity contribution in [2.24, 2.45) is 0 Å². The van der Waals surface area contributed by atoms with E-state index in [0.29, 0.717) is 0 Å². The summed E-state index contributed by atoms with van der Waals surface area (Å²) in [6.45, 7) is 0. The molecule has 6 nitrogen and oxygen atoms in total. The van der Waals surface area contributed by atoms with Crippen LogP contribution in [0.5, 0.6) is 5.75 Å². The van der Waals surface area contributed by atoms with Crippen LogP contribution in [0.1, 0.15) is 12.0 Å². The van der Waals surface area contributed by atoms with Gasteiger partial charge in [-0.2, -0.15) is 0 Å². The Bertz CT molecular complexity index is 397. The fourth-order valence-corrected chi connectivity index (χ4v) is 1.06. The first-order valence-electron chi connectivity index (χ1n) is 3.74. The minimum Gasteiger partial charge on any atom is -0.490 e. The average Bonchev–Trinajstić information content (AvgIpc) is 2.15. The number of anilines is 1. The number of aromatic nitrogens is 1. The molecule has 0 unspecified atom stereocenters. The molecule has 0 fully saturated rings. The van der Waals surface area contributed by atoms with Crippen molar-refractivity contribution in [3.63, 3.8) is 0 Å². The van der Waals surface area contributed by atoms with E-state index in [1.807, 2.05) is 0 Å². The van der Waals surface area contributed by atoms with E-state index >= 15 is 0 Å². The molecule has 1 rings (SSSR count). The van der Waals surface area contributed by atoms with Gasteiger partial charge in [-0.05, 0) is 0 Å². The lowest BCUT2D eigenvalue weighted by atomic mass is 10.2. The highest BCUT2D eigenvalue weighted by molar-refractivity contribution is 5.64. The van der Waals surface area contributed by atoms with Gasteiger partial charge in [0.15, 0.2) is 0 Å². The molecule has 0 bridgehead atoms. The van der Waals surface area contributed by atoms with Crippen LogP contribution in [0, 0.1) is 10.1 Å². The Hall–Kier alpha value is -1.99. The fraction of sp³-hybridized carbons (Fsp3) is 0.286. The number of nitrogen functional groups attached to an aromatic ring is 1. The molecule has 0 aliphatic carbocycles. The zero-order valence-electron chi connectivity index (χ0n) is 7.61. The summed E-state index contributed by atoms with van der Waals surface area (Å²) in [5.41, 5.74) is 3.79. The van der Waals surface area contributed by atoms with E-state index < -0.39 is 34.2 Å². The summed E-state index contributed by atoms with van der Waals surface area (Å²) in [4.78, 5) is 12.9. The van der Waals surface area contributed by atoms with Crippen molar-refractivity contribution in [3.05, 3.63) is 21.9 Å². The van der Waals surface area contributed by atoms with Gasteiger partial charge in [0.2, 0.25) is 11.6 Å². The summed E-state index contributed by atoms with van der Waals surface area (Å²) in [5.74, 6) is -1.01. The van der Waals surface area contributed by atoms with Crippen molar-refractivity contribution in [2.45, 2.75) is 6.43 Å². The summed E-state index contributed by atoms with van der Waals surface area (Å²) in [7, 11) is 1.05. The molecule has 82 valence electrons. The molecule has 0 aliphatic heterocycles. The van der Waals surface area contributed by atoms with E-state index in [-0.39, 0.29) is 0 Å². The number of nitrogens with zero attached hydrogens (tertiary/aromatic N) is 2. The van der Waals surface area contributed by atoms with Crippen molar-refractivity contribution < 1.29 is 18.4 Å². The predicted molar refractivity (Wildman–Crippen MR) is 46.8 cm³/mol. The second-order valence-corrected chi connectivity index (χ2v) is 2.54. The van der Waals surface area contributed by atoms with Crippen LogP contribution in [0.2, 0.25) is 0 Å². The van der Waals surface area contributed by atoms with Crippen LogP contribution in [0.25, 0.3) is 0 Å². The lowest BCUT2D eigenvalue weighted by molar-refractivity contribution is -0.385. The maximum atomic E-state index is 12.4. The van der Waals surface area contributed by atoms with Crippen LogP contribution in [0.15, 0.2) is 6.20 Å². The highest BCUT2D eigenvalue weighted by Gasteiger charge is 2.27. The second-order valence-electron chi connectivity index (χ2n) is 2.54. The molecule has 8 heteroatoms. The van der Waals surface area contributed by atoms with Gasteiger partial charge in [-0.25, -0.2) is 13.8 Å². The molecule has 0 aliphatic rings. The molecule has 15 heavy (non-hydrogen) atoms. The van der Waals surface area contributed by atoms with Crippen molar-refractivity contribution in [3.8, 4) is 5.75 Å². The number of methoxy groups -OCH3 is 1. The fourth-order valence-electron chi connectivity index (χ4n) is 1.06. The number of ether oxygens (including phenoxy) is 1. The van der Waals surface area contributed by atoms with Crippen LogP contribution in [-0.2, 0) is 0 Å². The smallest absolute Gasteiger partial charge is 0.353 e. The number of pyridine rings is 1. The van der Waals surface area contributed by atoms with Gasteiger partial charge in [0, 0.05) is 6.20 Å². The van der Waals surface area contributed by atoms with Crippen LogP contribution in [0.3, 0.4) is 0 Å². The molecular formula is C7H7F2N3O3. The number of nitrogens with two attached hydrogens (primary N) is 1. The largest absolute Gasteiger partial charge is 0.490 e. The van der Waals surface area contributed by atoms with Crippen molar-refractivity contribution in [1.82, 2.24) is 4.98 Å². The standard InChI is InChI=1S/C7H7F2N3O3/c1-15-5-3(6(8)9)2-11-7(10)4(5)12(13)14/h2,6H,1H3,(H2,10,11). The SMILES string of the molecule is COc1c(C(F)F)cnc(N)c1[N+](=O)[O-]. The average molecular weight is 219 g/mol. The lowest BCUT2D eigenvalue weighted by Crippen LogP contribution is -2.04. The van der Waals surface area contributed by atoms with Crippen molar-refractivity contribution in [1.29, 1.82) is 0 Å². The molecule has 0 aromatic carbocycles. The Balaban J connectivity index is 3.47. The summed E-state index contributed by atoms with van der Waals surface area (Å²) < 4.78 is 29.4. The Morgan fingerprint density at radius 3 is 2.67 bits per heavy atom. The van der Waals surface area contributed by atoms with Gasteiger partial charge in [-0.15, -0.1) is 0 Å². The number of halogens is 2. The summed E-state index contributed by atoms with van der Waals surface area (Å²) in [6, 6.07) is 0. The quantitative estimate of drug-likeness (QED) is 0.614. The van der Waals surface area contributed by atoms with E-state index in [0.717, 1.165) is 13.3 Å². The highest BCUT2D eigenvalue weighted by atomic mass is 19.3. The normalized spacial score (nSPS) is 10.4. The van der Waals surface area contributed by atoms with Crippen LogP contribution >= 0.6 is 0 Å². The van der Waals surface area contributed by atoms with E-state index in [4.69, 9.17) is 5.73 Å². The third-order valence-electron chi connectivity index (χ3n) is 1.68. The number of hydrogen-bond acceptors (Lipinski definition) is 5. The molecular weight excluding hydrogens is 212 g/mol. The Labute approximate surface area is 82.8 Å². The van der Waals surface area contributed by atoms with E-state index in [9.17, 15) is 18.9 Å². The van der Waals surface area contributed by atoms with Gasteiger partial charge >= 0.3 is 5.69 Å². The Morgan fingerprint density at radius 2 is 2.27 bits per heavy atom. The third kappa shape index (κ3) is 1.92. The topological polar surface area (TPSA) is 91.3 Å². The van der Waals surface area contributed by atoms with Gasteiger partial charge < -0.3 is 10.5 Å². The number of rotatable bonds is 3. The molecule has 0 saturated carbocycles. The van der Waals surface area contributed by atoms with Gasteiger partial charge in [0.05, 0.1) is 17.6 Å². The maximum absolute atomic E-state index is 12.4. The molecule has 0 amide bonds. The van der Waals surface area contributed by atoms with E-state index in [1.54, 1.807) is 0 Å². The summed E-state index contributed by atoms with van der Waals surface area (Å²) >= 11 is 0. The molecule has 0 spiro atoms. The monoisotopic (exact) mass is 219 g/mol. The number of alkyl halides is 2. The maximum Gasteiger partial charge on any atom is 0.353 e. The molecule has 1 aromatic rings. The van der Waals surface area contributed by atoms with E-state index in [2.05, 4.69) is 9.72 Å². The lowest BCUT2D eigenvalue weighted by Gasteiger charge is -2.08. The molecule has 0 saturated heterocycles. The van der Waals surface area contributed by atoms with Gasteiger partial charge in [0.25, 0.3) is 6.43 Å². The van der Waals surface area contributed by atoms with Crippen molar-refractivity contribution >= 4 is 11.5 Å². The molecule has 0 radical (unpaired) electrons. The minimum absolute atomic E-state index is 0.457. The number of nitro groups is 1. The zero-order valence-corrected chi connectivity index (χ0v) is 7.61. The highest BCUT2D eigenvalue weighted by Crippen LogP contribution is 2.38. The Kier molecular flexibility index (Phi) is 2.98. The van der Waals surface area contributed by atoms with Crippen LogP contribution in [0.4, 0.5) is 20.3 Å².